The quantitative estimate of drug-likeness (QED) is 0.694. The molecule has 3 aromatic rings. The Balaban J connectivity index is 1.85. The molecule has 1 saturated heterocycles. The average molecular weight is 380 g/mol. The van der Waals surface area contributed by atoms with Crippen molar-refractivity contribution < 1.29 is 9.53 Å². The molecule has 0 spiro atoms. The molecule has 0 N–H and O–H groups in total. The van der Waals surface area contributed by atoms with E-state index >= 15 is 0 Å². The number of morpholine rings is 1. The minimum Gasteiger partial charge on any atom is -0.358 e. The van der Waals surface area contributed by atoms with Gasteiger partial charge in [0.2, 0.25) is 5.91 Å². The predicted octanol–water partition coefficient (Wildman–Crippen LogP) is 2.36. The van der Waals surface area contributed by atoms with Crippen molar-refractivity contribution in [3.8, 4) is 5.69 Å². The van der Waals surface area contributed by atoms with Crippen LogP contribution in [0.3, 0.4) is 0 Å². The monoisotopic (exact) mass is 380 g/mol. The van der Waals surface area contributed by atoms with Gasteiger partial charge >= 0.3 is 0 Å². The number of carbonyl (C=O) groups excluding carboxylic acids is 1. The summed E-state index contributed by atoms with van der Waals surface area (Å²) >= 11 is 0. The fraction of sp³-hybridized carbons (Fsp3) is 0.400. The van der Waals surface area contributed by atoms with Crippen LogP contribution in [-0.2, 0) is 16.6 Å². The highest BCUT2D eigenvalue weighted by Gasteiger charge is 2.42. The van der Waals surface area contributed by atoms with Crippen molar-refractivity contribution in [2.75, 3.05) is 6.61 Å². The zero-order chi connectivity index (χ0) is 19.8. The van der Waals surface area contributed by atoms with Gasteiger partial charge in [-0.1, -0.05) is 30.3 Å². The SMILES string of the molecule is Cc1nc([C@H]2OCC(=O)N(C(C)C)[C@@H]2c2ccccc2)n(-c2cnn(C)c2)n1. The topological polar surface area (TPSA) is 78.1 Å². The maximum atomic E-state index is 12.7. The Morgan fingerprint density at radius 1 is 1.21 bits per heavy atom. The fourth-order valence-corrected chi connectivity index (χ4v) is 3.76. The predicted molar refractivity (Wildman–Crippen MR) is 103 cm³/mol. The van der Waals surface area contributed by atoms with Gasteiger partial charge in [-0.15, -0.1) is 0 Å². The van der Waals surface area contributed by atoms with Gasteiger partial charge in [0.25, 0.3) is 0 Å². The Hall–Kier alpha value is -3.00. The Morgan fingerprint density at radius 2 is 1.96 bits per heavy atom. The second kappa shape index (κ2) is 7.20. The van der Waals surface area contributed by atoms with E-state index in [1.165, 1.54) is 0 Å². The molecule has 2 atom stereocenters. The lowest BCUT2D eigenvalue weighted by atomic mass is 9.95. The largest absolute Gasteiger partial charge is 0.358 e. The highest BCUT2D eigenvalue weighted by Crippen LogP contribution is 2.40. The molecule has 0 saturated carbocycles. The van der Waals surface area contributed by atoms with Gasteiger partial charge in [0.05, 0.1) is 18.4 Å². The van der Waals surface area contributed by atoms with Crippen LogP contribution < -0.4 is 0 Å². The van der Waals surface area contributed by atoms with Crippen molar-refractivity contribution in [2.45, 2.75) is 39.0 Å². The summed E-state index contributed by atoms with van der Waals surface area (Å²) in [6, 6.07) is 9.69. The molecule has 0 unspecified atom stereocenters. The minimum atomic E-state index is -0.441. The molecule has 0 aliphatic carbocycles. The number of hydrogen-bond donors (Lipinski definition) is 0. The first-order valence-corrected chi connectivity index (χ1v) is 9.36. The molecule has 28 heavy (non-hydrogen) atoms. The fourth-order valence-electron chi connectivity index (χ4n) is 3.76. The lowest BCUT2D eigenvalue weighted by molar-refractivity contribution is -0.162. The molecule has 1 amide bonds. The van der Waals surface area contributed by atoms with E-state index in [1.54, 1.807) is 15.6 Å². The van der Waals surface area contributed by atoms with E-state index in [9.17, 15) is 4.79 Å². The lowest BCUT2D eigenvalue weighted by Gasteiger charge is -2.43. The number of hydrogen-bond acceptors (Lipinski definition) is 5. The van der Waals surface area contributed by atoms with Gasteiger partial charge in [-0.2, -0.15) is 10.2 Å². The third-order valence-electron chi connectivity index (χ3n) is 4.89. The van der Waals surface area contributed by atoms with E-state index in [0.29, 0.717) is 11.6 Å². The molecule has 0 radical (unpaired) electrons. The Labute approximate surface area is 163 Å². The van der Waals surface area contributed by atoms with Gasteiger partial charge in [0.15, 0.2) is 5.82 Å². The molecule has 8 heteroatoms. The van der Waals surface area contributed by atoms with E-state index in [0.717, 1.165) is 11.3 Å². The summed E-state index contributed by atoms with van der Waals surface area (Å²) in [6.07, 6.45) is 3.18. The summed E-state index contributed by atoms with van der Waals surface area (Å²) < 4.78 is 9.54. The average Bonchev–Trinajstić information content (AvgIpc) is 3.27. The van der Waals surface area contributed by atoms with Gasteiger partial charge in [-0.25, -0.2) is 9.67 Å². The van der Waals surface area contributed by atoms with Crippen LogP contribution in [0.1, 0.15) is 43.2 Å². The van der Waals surface area contributed by atoms with Crippen LogP contribution in [0.15, 0.2) is 42.7 Å². The second-order valence-corrected chi connectivity index (χ2v) is 7.28. The summed E-state index contributed by atoms with van der Waals surface area (Å²) in [5.74, 6) is 1.28. The van der Waals surface area contributed by atoms with Gasteiger partial charge in [-0.3, -0.25) is 9.48 Å². The number of nitrogens with zero attached hydrogens (tertiary/aromatic N) is 6. The van der Waals surface area contributed by atoms with Gasteiger partial charge in [-0.05, 0) is 26.3 Å². The molecule has 146 valence electrons. The van der Waals surface area contributed by atoms with Gasteiger partial charge in [0, 0.05) is 13.1 Å². The summed E-state index contributed by atoms with van der Waals surface area (Å²) in [6.45, 7) is 5.91. The second-order valence-electron chi connectivity index (χ2n) is 7.28. The maximum absolute atomic E-state index is 12.7. The maximum Gasteiger partial charge on any atom is 0.249 e. The van der Waals surface area contributed by atoms with Crippen LogP contribution in [0.4, 0.5) is 0 Å². The molecule has 1 fully saturated rings. The first kappa shape index (κ1) is 18.4. The van der Waals surface area contributed by atoms with E-state index in [2.05, 4.69) is 15.2 Å². The Morgan fingerprint density at radius 3 is 2.61 bits per heavy atom. The summed E-state index contributed by atoms with van der Waals surface area (Å²) in [7, 11) is 1.86. The highest BCUT2D eigenvalue weighted by molar-refractivity contribution is 5.79. The standard InChI is InChI=1S/C20H24N6O2/c1-13(2)25-17(27)12-28-19(18(25)15-8-6-5-7-9-15)20-22-14(3)23-26(20)16-10-21-24(4)11-16/h5-11,13,18-19H,12H2,1-4H3/t18-,19+/m1/s1. The first-order valence-electron chi connectivity index (χ1n) is 9.36. The minimum absolute atomic E-state index is 0.0190. The molecule has 4 rings (SSSR count). The number of benzene rings is 1. The third kappa shape index (κ3) is 3.20. The van der Waals surface area contributed by atoms with Crippen LogP contribution >= 0.6 is 0 Å². The number of amides is 1. The molecule has 8 nitrogen and oxygen atoms in total. The van der Waals surface area contributed by atoms with Crippen LogP contribution in [0.25, 0.3) is 5.69 Å². The van der Waals surface area contributed by atoms with Crippen molar-refractivity contribution in [1.82, 2.24) is 29.4 Å². The van der Waals surface area contributed by atoms with Crippen molar-refractivity contribution in [3.05, 3.63) is 59.9 Å². The molecule has 1 aliphatic rings. The molecule has 2 aromatic heterocycles. The Kier molecular flexibility index (Phi) is 4.72. The van der Waals surface area contributed by atoms with Crippen molar-refractivity contribution >= 4 is 5.91 Å². The number of carbonyl (C=O) groups is 1. The lowest BCUT2D eigenvalue weighted by Crippen LogP contribution is -2.49. The Bertz CT molecular complexity index is 978. The van der Waals surface area contributed by atoms with Crippen molar-refractivity contribution in [3.63, 3.8) is 0 Å². The molecule has 1 aliphatic heterocycles. The van der Waals surface area contributed by atoms with Crippen LogP contribution in [-0.4, -0.2) is 48.0 Å². The van der Waals surface area contributed by atoms with Crippen molar-refractivity contribution in [2.24, 2.45) is 7.05 Å². The third-order valence-corrected chi connectivity index (χ3v) is 4.89. The van der Waals surface area contributed by atoms with Crippen LogP contribution in [0, 0.1) is 6.92 Å². The van der Waals surface area contributed by atoms with Crippen molar-refractivity contribution in [1.29, 1.82) is 0 Å². The number of rotatable bonds is 4. The van der Waals surface area contributed by atoms with E-state index < -0.39 is 6.10 Å². The summed E-state index contributed by atoms with van der Waals surface area (Å²) in [4.78, 5) is 19.3. The normalized spacial score (nSPS) is 20.2. The van der Waals surface area contributed by atoms with Crippen LogP contribution in [0.2, 0.25) is 0 Å². The van der Waals surface area contributed by atoms with E-state index in [4.69, 9.17) is 4.74 Å². The highest BCUT2D eigenvalue weighted by atomic mass is 16.5. The van der Waals surface area contributed by atoms with E-state index in [1.807, 2.05) is 69.2 Å². The van der Waals surface area contributed by atoms with Gasteiger partial charge in [0.1, 0.15) is 24.2 Å². The number of aromatic nitrogens is 5. The molecular weight excluding hydrogens is 356 g/mol. The molecule has 0 bridgehead atoms. The first-order chi connectivity index (χ1) is 13.5. The summed E-state index contributed by atoms with van der Waals surface area (Å²) in [5, 5.41) is 8.80. The zero-order valence-corrected chi connectivity index (χ0v) is 16.5. The number of ether oxygens (including phenoxy) is 1. The molecule has 1 aromatic carbocycles. The smallest absolute Gasteiger partial charge is 0.249 e. The number of aryl methyl sites for hydroxylation is 2. The van der Waals surface area contributed by atoms with Gasteiger partial charge < -0.3 is 9.64 Å². The molecular formula is C20H24N6O2. The van der Waals surface area contributed by atoms with E-state index in [-0.39, 0.29) is 24.6 Å². The molecule has 3 heterocycles. The zero-order valence-electron chi connectivity index (χ0n) is 16.5. The van der Waals surface area contributed by atoms with Crippen LogP contribution in [0.5, 0.6) is 0 Å². The summed E-state index contributed by atoms with van der Waals surface area (Å²) in [5.41, 5.74) is 1.81.